The van der Waals surface area contributed by atoms with Gasteiger partial charge in [0.25, 0.3) is 0 Å². The van der Waals surface area contributed by atoms with Crippen molar-refractivity contribution in [2.75, 3.05) is 35.7 Å². The number of piperidine rings is 1. The Morgan fingerprint density at radius 2 is 1.94 bits per heavy atom. The Morgan fingerprint density at radius 1 is 1.13 bits per heavy atom. The molecule has 2 aromatic rings. The minimum absolute atomic E-state index is 0.232. The Kier molecular flexibility index (Phi) is 6.77. The topological polar surface area (TPSA) is 70.1 Å². The number of benzene rings is 2. The molecule has 0 radical (unpaired) electrons. The fourth-order valence-corrected chi connectivity index (χ4v) is 5.80. The molecule has 2 unspecified atom stereocenters. The predicted molar refractivity (Wildman–Crippen MR) is 126 cm³/mol. The van der Waals surface area contributed by atoms with Crippen LogP contribution in [0.15, 0.2) is 46.2 Å². The largest absolute Gasteiger partial charge is 0.492 e. The number of rotatable bonds is 2. The first-order valence-corrected chi connectivity index (χ1v) is 12.9. The molecule has 1 N–H and O–H groups in total. The van der Waals surface area contributed by atoms with Crippen molar-refractivity contribution >= 4 is 40.1 Å². The van der Waals surface area contributed by atoms with Gasteiger partial charge in [0.2, 0.25) is 0 Å². The van der Waals surface area contributed by atoms with Gasteiger partial charge in [0.1, 0.15) is 5.75 Å². The minimum Gasteiger partial charge on any atom is -0.492 e. The molecule has 2 aliphatic rings. The van der Waals surface area contributed by atoms with E-state index in [0.29, 0.717) is 18.4 Å². The average molecular weight is 461 g/mol. The molecular weight excluding hydrogens is 432 g/mol. The summed E-state index contributed by atoms with van der Waals surface area (Å²) in [6, 6.07) is 11.5. The molecule has 2 aliphatic heterocycles. The van der Waals surface area contributed by atoms with Gasteiger partial charge in [0, 0.05) is 41.6 Å². The summed E-state index contributed by atoms with van der Waals surface area (Å²) in [4.78, 5) is 15.5. The van der Waals surface area contributed by atoms with Gasteiger partial charge < -0.3 is 19.0 Å². The number of carbonyl (C=O) groups is 1. The molecule has 2 aromatic carbocycles. The molecule has 0 bridgehead atoms. The van der Waals surface area contributed by atoms with Crippen molar-refractivity contribution in [1.82, 2.24) is 0 Å². The summed E-state index contributed by atoms with van der Waals surface area (Å²) < 4.78 is 20.3. The molecule has 8 heteroatoms. The monoisotopic (exact) mass is 460 g/mol. The van der Waals surface area contributed by atoms with E-state index >= 15 is 0 Å². The Labute approximate surface area is 190 Å². The Hall–Kier alpha value is -2.19. The van der Waals surface area contributed by atoms with Crippen LogP contribution in [-0.4, -0.2) is 47.8 Å². The van der Waals surface area contributed by atoms with E-state index in [1.807, 2.05) is 23.5 Å². The molecule has 1 saturated heterocycles. The number of carboxylic acid groups (broad SMARTS) is 1. The second kappa shape index (κ2) is 9.53. The SMILES string of the molecule is CN1Sc2cc(C(=O)O)ccc2OCCCC2CCCCN2c2ccc(S(C)=O)cc21. The van der Waals surface area contributed by atoms with E-state index < -0.39 is 16.8 Å². The Morgan fingerprint density at radius 3 is 2.71 bits per heavy atom. The van der Waals surface area contributed by atoms with Gasteiger partial charge in [-0.15, -0.1) is 0 Å². The van der Waals surface area contributed by atoms with Crippen LogP contribution in [0.5, 0.6) is 5.75 Å². The van der Waals surface area contributed by atoms with Crippen LogP contribution in [0.3, 0.4) is 0 Å². The maximum absolute atomic E-state index is 12.2. The smallest absolute Gasteiger partial charge is 0.335 e. The van der Waals surface area contributed by atoms with E-state index in [1.54, 1.807) is 24.5 Å². The summed E-state index contributed by atoms with van der Waals surface area (Å²) >= 11 is 1.44. The number of ether oxygens (including phenoxy) is 1. The number of hydrogen-bond donors (Lipinski definition) is 1. The first-order chi connectivity index (χ1) is 14.9. The Balaban J connectivity index is 1.80. The number of anilines is 2. The van der Waals surface area contributed by atoms with Crippen molar-refractivity contribution in [3.8, 4) is 5.75 Å². The minimum atomic E-state index is -1.09. The van der Waals surface area contributed by atoms with E-state index in [1.165, 1.54) is 18.4 Å². The summed E-state index contributed by atoms with van der Waals surface area (Å²) in [7, 11) is 0.879. The second-order valence-corrected chi connectivity index (χ2v) is 10.5. The quantitative estimate of drug-likeness (QED) is 0.646. The normalized spacial score (nSPS) is 20.3. The van der Waals surface area contributed by atoms with Gasteiger partial charge in [-0.3, -0.25) is 4.21 Å². The molecule has 0 spiro atoms. The molecule has 166 valence electrons. The zero-order valence-corrected chi connectivity index (χ0v) is 19.5. The van der Waals surface area contributed by atoms with Gasteiger partial charge in [-0.1, -0.05) is 0 Å². The maximum atomic E-state index is 12.2. The van der Waals surface area contributed by atoms with Gasteiger partial charge in [-0.05, 0) is 80.5 Å². The summed E-state index contributed by atoms with van der Waals surface area (Å²) in [5.41, 5.74) is 2.36. The zero-order chi connectivity index (χ0) is 22.0. The number of nitrogens with zero attached hydrogens (tertiary/aromatic N) is 2. The number of aromatic carboxylic acids is 1. The van der Waals surface area contributed by atoms with Gasteiger partial charge in [0.15, 0.2) is 0 Å². The van der Waals surface area contributed by atoms with Crippen LogP contribution < -0.4 is 13.9 Å². The first kappa shape index (κ1) is 22.0. The molecule has 2 atom stereocenters. The molecule has 0 amide bonds. The fraction of sp³-hybridized carbons (Fsp3) is 0.435. The number of fused-ring (bicyclic) bond motifs is 4. The van der Waals surface area contributed by atoms with E-state index in [4.69, 9.17) is 4.74 Å². The van der Waals surface area contributed by atoms with E-state index in [-0.39, 0.29) is 5.56 Å². The highest BCUT2D eigenvalue weighted by Gasteiger charge is 2.27. The molecule has 6 nitrogen and oxygen atoms in total. The van der Waals surface area contributed by atoms with Crippen molar-refractivity contribution in [2.24, 2.45) is 0 Å². The van der Waals surface area contributed by atoms with Crippen LogP contribution >= 0.6 is 11.9 Å². The lowest BCUT2D eigenvalue weighted by Crippen LogP contribution is -2.40. The van der Waals surface area contributed by atoms with Crippen LogP contribution in [0, 0.1) is 0 Å². The fourth-order valence-electron chi connectivity index (χ4n) is 4.32. The van der Waals surface area contributed by atoms with E-state index in [9.17, 15) is 14.1 Å². The highest BCUT2D eigenvalue weighted by Crippen LogP contribution is 2.42. The molecule has 2 heterocycles. The molecular formula is C23H28N2O4S2. The maximum Gasteiger partial charge on any atom is 0.335 e. The standard InChI is InChI=1S/C23H28N2O4S2/c1-24-20-15-18(31(2)28)9-10-19(20)25-12-4-3-6-17(25)7-5-13-29-21-11-8-16(23(26)27)14-22(21)30-24/h8-11,14-15,17H,3-7,12-13H2,1-2H3,(H,26,27). The van der Waals surface area contributed by atoms with Gasteiger partial charge in [-0.25, -0.2) is 4.79 Å². The predicted octanol–water partition coefficient (Wildman–Crippen LogP) is 4.80. The molecule has 4 rings (SSSR count). The Bertz CT molecular complexity index is 998. The van der Waals surface area contributed by atoms with Gasteiger partial charge in [0.05, 0.1) is 28.4 Å². The van der Waals surface area contributed by atoms with Crippen LogP contribution in [0.1, 0.15) is 42.5 Å². The van der Waals surface area contributed by atoms with E-state index in [2.05, 4.69) is 11.0 Å². The van der Waals surface area contributed by atoms with E-state index in [0.717, 1.165) is 53.4 Å². The highest BCUT2D eigenvalue weighted by molar-refractivity contribution is 8.00. The highest BCUT2D eigenvalue weighted by atomic mass is 32.2. The van der Waals surface area contributed by atoms with Gasteiger partial charge >= 0.3 is 5.97 Å². The summed E-state index contributed by atoms with van der Waals surface area (Å²) in [5, 5.41) is 9.44. The van der Waals surface area contributed by atoms with Crippen molar-refractivity contribution in [1.29, 1.82) is 0 Å². The third-order valence-electron chi connectivity index (χ3n) is 5.92. The summed E-state index contributed by atoms with van der Waals surface area (Å²) in [6.45, 7) is 1.61. The van der Waals surface area contributed by atoms with Crippen molar-refractivity contribution in [3.05, 3.63) is 42.0 Å². The van der Waals surface area contributed by atoms with Crippen LogP contribution in [0.4, 0.5) is 11.4 Å². The molecule has 31 heavy (non-hydrogen) atoms. The van der Waals surface area contributed by atoms with Gasteiger partial charge in [-0.2, -0.15) is 0 Å². The molecule has 0 saturated carbocycles. The third-order valence-corrected chi connectivity index (χ3v) is 7.82. The van der Waals surface area contributed by atoms with Crippen LogP contribution in [0.2, 0.25) is 0 Å². The van der Waals surface area contributed by atoms with Crippen molar-refractivity contribution in [2.45, 2.75) is 47.9 Å². The molecule has 0 aromatic heterocycles. The number of hydrogen-bond acceptors (Lipinski definition) is 6. The zero-order valence-electron chi connectivity index (χ0n) is 17.9. The summed E-state index contributed by atoms with van der Waals surface area (Å²) in [5.74, 6) is -0.267. The second-order valence-electron chi connectivity index (χ2n) is 7.99. The molecule has 0 aliphatic carbocycles. The lowest BCUT2D eigenvalue weighted by Gasteiger charge is -2.40. The first-order valence-electron chi connectivity index (χ1n) is 10.6. The van der Waals surface area contributed by atoms with Crippen molar-refractivity contribution in [3.63, 3.8) is 0 Å². The van der Waals surface area contributed by atoms with Crippen LogP contribution in [0.25, 0.3) is 0 Å². The molecule has 1 fully saturated rings. The lowest BCUT2D eigenvalue weighted by atomic mass is 9.97. The third kappa shape index (κ3) is 4.85. The number of carboxylic acids is 1. The summed E-state index contributed by atoms with van der Waals surface area (Å²) in [6.07, 6.45) is 7.23. The average Bonchev–Trinajstić information content (AvgIpc) is 2.76. The lowest BCUT2D eigenvalue weighted by molar-refractivity contribution is 0.0696. The van der Waals surface area contributed by atoms with Crippen molar-refractivity contribution < 1.29 is 18.8 Å². The van der Waals surface area contributed by atoms with Crippen LogP contribution in [-0.2, 0) is 10.8 Å².